The Morgan fingerprint density at radius 3 is 0.750 bits per heavy atom. The molecule has 0 bridgehead atoms. The first kappa shape index (κ1) is 44.9. The topological polar surface area (TPSA) is 57.0 Å². The number of rotatable bonds is 0. The minimum Gasteiger partial charge on any atom is -2.00 e. The minimum atomic E-state index is 0. The van der Waals surface area contributed by atoms with Gasteiger partial charge in [-0.05, 0) is 0 Å². The van der Waals surface area contributed by atoms with E-state index in [4.69, 9.17) is 0 Å². The third-order valence-electron chi connectivity index (χ3n) is 0. The van der Waals surface area contributed by atoms with Crippen LogP contribution in [0.1, 0.15) is 0 Å². The van der Waals surface area contributed by atoms with Crippen LogP contribution < -0.4 is 0 Å². The molecule has 0 saturated carbocycles. The van der Waals surface area contributed by atoms with Crippen molar-refractivity contribution in [1.82, 2.24) is 0 Å². The average molecular weight is 223 g/mol. The molecule has 0 N–H and O–H groups in total. The Hall–Kier alpha value is 1.65. The Bertz CT molecular complexity index is 6.00. The standard InChI is InChI=1S/Cr.La.2O/q2*+3;2*-2. The van der Waals surface area contributed by atoms with Crippen molar-refractivity contribution in [3.05, 3.63) is 0 Å². The summed E-state index contributed by atoms with van der Waals surface area (Å²) in [4.78, 5) is 0. The van der Waals surface area contributed by atoms with E-state index in [1.165, 1.54) is 0 Å². The summed E-state index contributed by atoms with van der Waals surface area (Å²) in [7, 11) is 0. The van der Waals surface area contributed by atoms with Gasteiger partial charge in [0.05, 0.1) is 0 Å². The molecule has 0 atom stereocenters. The van der Waals surface area contributed by atoms with E-state index in [-0.39, 0.29) is 63.9 Å². The van der Waals surface area contributed by atoms with Gasteiger partial charge in [-0.15, -0.1) is 0 Å². The van der Waals surface area contributed by atoms with Crippen LogP contribution in [0.25, 0.3) is 0 Å². The molecule has 2 nitrogen and oxygen atoms in total. The Kier molecular flexibility index (Phi) is 256. The maximum absolute atomic E-state index is 0. The van der Waals surface area contributed by atoms with Gasteiger partial charge in [-0.1, -0.05) is 0 Å². The predicted octanol–water partition coefficient (Wildman–Crippen LogP) is -0.240. The van der Waals surface area contributed by atoms with Gasteiger partial charge in [0.15, 0.2) is 0 Å². The molecule has 4 heavy (non-hydrogen) atoms. The molecule has 0 spiro atoms. The summed E-state index contributed by atoms with van der Waals surface area (Å²) in [6, 6.07) is 0. The van der Waals surface area contributed by atoms with Crippen molar-refractivity contribution in [2.45, 2.75) is 0 Å². The smallest absolute Gasteiger partial charge is 2.00 e. The molecule has 1 radical (unpaired) electrons. The second kappa shape index (κ2) is 22.8. The molecule has 0 aliphatic heterocycles. The molecule has 0 aromatic rings. The SMILES string of the molecule is [Cr+3].[La+3].[O-2].[O-2]. The van der Waals surface area contributed by atoms with Crippen LogP contribution in [0.3, 0.4) is 0 Å². The molecule has 0 fully saturated rings. The van der Waals surface area contributed by atoms with Crippen LogP contribution in [-0.2, 0) is 28.3 Å². The van der Waals surface area contributed by atoms with Crippen molar-refractivity contribution in [3.63, 3.8) is 0 Å². The molecular formula is CrLaO2+2. The van der Waals surface area contributed by atoms with Gasteiger partial charge in [-0.3, -0.25) is 0 Å². The predicted molar refractivity (Wildman–Crippen MR) is 1.37 cm³/mol. The van der Waals surface area contributed by atoms with Crippen LogP contribution >= 0.6 is 0 Å². The van der Waals surface area contributed by atoms with E-state index in [9.17, 15) is 0 Å². The summed E-state index contributed by atoms with van der Waals surface area (Å²) >= 11 is 0. The third-order valence-corrected chi connectivity index (χ3v) is 0. The van der Waals surface area contributed by atoms with Gasteiger partial charge in [0.1, 0.15) is 0 Å². The molecule has 0 aliphatic rings. The van der Waals surface area contributed by atoms with Gasteiger partial charge in [-0.25, -0.2) is 0 Å². The first-order valence-corrected chi connectivity index (χ1v) is 0. The summed E-state index contributed by atoms with van der Waals surface area (Å²) < 4.78 is 0. The largest absolute Gasteiger partial charge is 3.00 e. The van der Waals surface area contributed by atoms with Crippen molar-refractivity contribution < 1.29 is 63.9 Å². The second-order valence-electron chi connectivity index (χ2n) is 0. The van der Waals surface area contributed by atoms with Gasteiger partial charge >= 0.3 is 53.0 Å². The van der Waals surface area contributed by atoms with Crippen molar-refractivity contribution >= 4 is 0 Å². The van der Waals surface area contributed by atoms with Gasteiger partial charge in [-0.2, -0.15) is 0 Å². The number of hydrogen-bond donors (Lipinski definition) is 0. The fourth-order valence-electron chi connectivity index (χ4n) is 0. The molecule has 0 rings (SSSR count). The van der Waals surface area contributed by atoms with Crippen molar-refractivity contribution in [1.29, 1.82) is 0 Å². The Balaban J connectivity index is 0. The molecule has 0 heterocycles. The second-order valence-corrected chi connectivity index (χ2v) is 0. The summed E-state index contributed by atoms with van der Waals surface area (Å²) in [5.41, 5.74) is 0. The average Bonchev–Trinajstić information content (AvgIpc) is 0. The van der Waals surface area contributed by atoms with Gasteiger partial charge < -0.3 is 11.0 Å². The maximum atomic E-state index is 0. The van der Waals surface area contributed by atoms with Crippen LogP contribution in [-0.4, -0.2) is 0 Å². The molecule has 0 saturated heterocycles. The molecule has 0 unspecified atom stereocenters. The van der Waals surface area contributed by atoms with E-state index in [0.29, 0.717) is 0 Å². The summed E-state index contributed by atoms with van der Waals surface area (Å²) in [5, 5.41) is 0. The van der Waals surface area contributed by atoms with Gasteiger partial charge in [0.2, 0.25) is 0 Å². The quantitative estimate of drug-likeness (QED) is 0.544. The van der Waals surface area contributed by atoms with Crippen LogP contribution in [0.15, 0.2) is 0 Å². The molecule has 0 aromatic heterocycles. The molecular weight excluding hydrogens is 223 g/mol. The zero-order valence-corrected chi connectivity index (χ0v) is 6.70. The molecule has 0 aliphatic carbocycles. The van der Waals surface area contributed by atoms with Gasteiger partial charge in [0.25, 0.3) is 0 Å². The molecule has 0 amide bonds. The van der Waals surface area contributed by atoms with Crippen molar-refractivity contribution in [2.24, 2.45) is 0 Å². The first-order chi connectivity index (χ1) is 0. The van der Waals surface area contributed by atoms with E-state index >= 15 is 0 Å². The van der Waals surface area contributed by atoms with Crippen LogP contribution in [0, 0.1) is 35.6 Å². The number of hydrogen-bond acceptors (Lipinski definition) is 0. The minimum absolute atomic E-state index is 0. The summed E-state index contributed by atoms with van der Waals surface area (Å²) in [5.74, 6) is 0. The third kappa shape index (κ3) is 9.42. The van der Waals surface area contributed by atoms with E-state index in [1.807, 2.05) is 0 Å². The fourth-order valence-corrected chi connectivity index (χ4v) is 0. The Morgan fingerprint density at radius 1 is 0.750 bits per heavy atom. The fraction of sp³-hybridized carbons (Fsp3) is 0. The monoisotopic (exact) mass is 223 g/mol. The molecule has 4 heteroatoms. The van der Waals surface area contributed by atoms with E-state index < -0.39 is 0 Å². The Labute approximate surface area is 63.3 Å². The Morgan fingerprint density at radius 2 is 0.750 bits per heavy atom. The van der Waals surface area contributed by atoms with Crippen molar-refractivity contribution in [3.8, 4) is 0 Å². The molecule has 19 valence electrons. The van der Waals surface area contributed by atoms with Crippen LogP contribution in [0.5, 0.6) is 0 Å². The van der Waals surface area contributed by atoms with Crippen molar-refractivity contribution in [2.75, 3.05) is 0 Å². The summed E-state index contributed by atoms with van der Waals surface area (Å²) in [6.07, 6.45) is 0. The first-order valence-electron chi connectivity index (χ1n) is 0. The maximum Gasteiger partial charge on any atom is 3.00 e. The van der Waals surface area contributed by atoms with Crippen LogP contribution in [0.2, 0.25) is 0 Å². The normalized spacial score (nSPS) is 0. The zero-order chi connectivity index (χ0) is 0. The zero-order valence-electron chi connectivity index (χ0n) is 1.80. The van der Waals surface area contributed by atoms with E-state index in [0.717, 1.165) is 0 Å². The van der Waals surface area contributed by atoms with Crippen LogP contribution in [0.4, 0.5) is 0 Å². The molecule has 0 aromatic carbocycles. The van der Waals surface area contributed by atoms with E-state index in [1.54, 1.807) is 0 Å². The van der Waals surface area contributed by atoms with E-state index in [2.05, 4.69) is 0 Å². The van der Waals surface area contributed by atoms with Gasteiger partial charge in [0, 0.05) is 0 Å². The summed E-state index contributed by atoms with van der Waals surface area (Å²) in [6.45, 7) is 0.